The van der Waals surface area contributed by atoms with Crippen LogP contribution in [0.4, 0.5) is 5.69 Å². The molecule has 2 aromatic heterocycles. The molecule has 5 rings (SSSR count). The Morgan fingerprint density at radius 3 is 2.89 bits per heavy atom. The lowest BCUT2D eigenvalue weighted by Crippen LogP contribution is -2.53. The van der Waals surface area contributed by atoms with Crippen molar-refractivity contribution in [2.24, 2.45) is 11.8 Å². The number of hydrogen-bond donors (Lipinski definition) is 0. The van der Waals surface area contributed by atoms with Crippen molar-refractivity contribution in [3.8, 4) is 5.82 Å². The van der Waals surface area contributed by atoms with Gasteiger partial charge in [0.2, 0.25) is 5.91 Å². The van der Waals surface area contributed by atoms with Crippen LogP contribution in [0, 0.1) is 11.8 Å². The Balaban J connectivity index is 1.56. The molecule has 4 heterocycles. The molecule has 0 aromatic carbocycles. The highest BCUT2D eigenvalue weighted by Crippen LogP contribution is 2.47. The van der Waals surface area contributed by atoms with Gasteiger partial charge in [-0.25, -0.2) is 4.98 Å². The molecule has 0 N–H and O–H groups in total. The van der Waals surface area contributed by atoms with Crippen molar-refractivity contribution in [1.29, 1.82) is 0 Å². The fourth-order valence-electron chi connectivity index (χ4n) is 5.14. The molecular weight excluding hydrogens is 348 g/mol. The maximum absolute atomic E-state index is 13.0. The maximum Gasteiger partial charge on any atom is 0.225 e. The first-order valence-corrected chi connectivity index (χ1v) is 10.8. The van der Waals surface area contributed by atoms with Crippen LogP contribution in [-0.2, 0) is 10.3 Å². The summed E-state index contributed by atoms with van der Waals surface area (Å²) >= 11 is 0. The summed E-state index contributed by atoms with van der Waals surface area (Å²) in [6.45, 7) is 7.20. The summed E-state index contributed by atoms with van der Waals surface area (Å²) in [6, 6.07) is 8.59. The number of aromatic nitrogens is 2. The molecule has 3 aliphatic rings. The van der Waals surface area contributed by atoms with Gasteiger partial charge < -0.3 is 14.4 Å². The van der Waals surface area contributed by atoms with Gasteiger partial charge in [0, 0.05) is 37.9 Å². The van der Waals surface area contributed by atoms with Crippen molar-refractivity contribution in [2.75, 3.05) is 24.5 Å². The van der Waals surface area contributed by atoms with Crippen LogP contribution in [0.2, 0.25) is 0 Å². The van der Waals surface area contributed by atoms with Crippen molar-refractivity contribution in [3.63, 3.8) is 0 Å². The Bertz CT molecular complexity index is 884. The number of pyridine rings is 1. The molecule has 0 bridgehead atoms. The molecule has 2 aliphatic heterocycles. The van der Waals surface area contributed by atoms with E-state index in [2.05, 4.69) is 52.6 Å². The minimum Gasteiger partial charge on any atom is -0.355 e. The van der Waals surface area contributed by atoms with Crippen LogP contribution in [0.3, 0.4) is 0 Å². The SMILES string of the molecule is CC(C)CCN1c2cccnc2-n2cccc2[C@]12CCN(C(=O)C1CCC1)C2. The van der Waals surface area contributed by atoms with Gasteiger partial charge in [-0.15, -0.1) is 0 Å². The molecule has 1 saturated carbocycles. The number of hydrogen-bond acceptors (Lipinski definition) is 3. The van der Waals surface area contributed by atoms with E-state index in [1.807, 2.05) is 12.3 Å². The third-order valence-corrected chi connectivity index (χ3v) is 6.97. The van der Waals surface area contributed by atoms with Crippen LogP contribution in [-0.4, -0.2) is 40.0 Å². The predicted molar refractivity (Wildman–Crippen MR) is 111 cm³/mol. The molecule has 1 spiro atoms. The number of rotatable bonds is 4. The maximum atomic E-state index is 13.0. The van der Waals surface area contributed by atoms with E-state index in [9.17, 15) is 4.79 Å². The first-order valence-electron chi connectivity index (χ1n) is 10.8. The Labute approximate surface area is 167 Å². The third-order valence-electron chi connectivity index (χ3n) is 6.97. The fraction of sp³-hybridized carbons (Fsp3) is 0.565. The summed E-state index contributed by atoms with van der Waals surface area (Å²) in [5.41, 5.74) is 2.34. The molecular formula is C23H30N4O. The Morgan fingerprint density at radius 2 is 2.14 bits per heavy atom. The molecule has 5 nitrogen and oxygen atoms in total. The number of amides is 1. The summed E-state index contributed by atoms with van der Waals surface area (Å²) in [4.78, 5) is 22.4. The Morgan fingerprint density at radius 1 is 1.29 bits per heavy atom. The van der Waals surface area contributed by atoms with Gasteiger partial charge >= 0.3 is 0 Å². The van der Waals surface area contributed by atoms with E-state index in [0.717, 1.165) is 51.1 Å². The highest BCUT2D eigenvalue weighted by molar-refractivity contribution is 5.80. The Hall–Kier alpha value is -2.30. The molecule has 1 atom stereocenters. The van der Waals surface area contributed by atoms with Gasteiger partial charge in [-0.3, -0.25) is 4.79 Å². The van der Waals surface area contributed by atoms with Crippen molar-refractivity contribution in [1.82, 2.24) is 14.5 Å². The fourth-order valence-corrected chi connectivity index (χ4v) is 5.14. The van der Waals surface area contributed by atoms with Gasteiger partial charge in [0.15, 0.2) is 5.82 Å². The van der Waals surface area contributed by atoms with E-state index < -0.39 is 0 Å². The van der Waals surface area contributed by atoms with Gasteiger partial charge in [0.25, 0.3) is 0 Å². The summed E-state index contributed by atoms with van der Waals surface area (Å²) in [5, 5.41) is 0. The topological polar surface area (TPSA) is 41.4 Å². The predicted octanol–water partition coefficient (Wildman–Crippen LogP) is 3.97. The summed E-state index contributed by atoms with van der Waals surface area (Å²) in [7, 11) is 0. The van der Waals surface area contributed by atoms with E-state index in [1.165, 1.54) is 17.8 Å². The number of nitrogens with zero attached hydrogens (tertiary/aromatic N) is 4. The molecule has 28 heavy (non-hydrogen) atoms. The standard InChI is InChI=1S/C23H30N4O/c1-17(2)10-14-27-19-8-4-12-24-21(19)26-13-5-9-20(26)23(27)11-15-25(16-23)22(28)18-6-3-7-18/h4-5,8-9,12-13,17-18H,3,6-7,10-11,14-16H2,1-2H3/t23-/m1/s1. The Kier molecular flexibility index (Phi) is 4.22. The van der Waals surface area contributed by atoms with Gasteiger partial charge in [-0.1, -0.05) is 20.3 Å². The van der Waals surface area contributed by atoms with Crippen LogP contribution in [0.5, 0.6) is 0 Å². The van der Waals surface area contributed by atoms with E-state index in [4.69, 9.17) is 4.98 Å². The lowest BCUT2D eigenvalue weighted by molar-refractivity contribution is -0.137. The molecule has 2 fully saturated rings. The minimum absolute atomic E-state index is 0.145. The van der Waals surface area contributed by atoms with Gasteiger partial charge in [-0.05, 0) is 55.9 Å². The van der Waals surface area contributed by atoms with Crippen LogP contribution in [0.25, 0.3) is 5.82 Å². The van der Waals surface area contributed by atoms with Crippen molar-refractivity contribution in [3.05, 3.63) is 42.4 Å². The molecule has 1 aliphatic carbocycles. The van der Waals surface area contributed by atoms with E-state index in [1.54, 1.807) is 0 Å². The monoisotopic (exact) mass is 378 g/mol. The lowest BCUT2D eigenvalue weighted by atomic mass is 9.84. The smallest absolute Gasteiger partial charge is 0.225 e. The average Bonchev–Trinajstić information content (AvgIpc) is 3.28. The highest BCUT2D eigenvalue weighted by Gasteiger charge is 2.51. The molecule has 1 amide bonds. The molecule has 0 radical (unpaired) electrons. The van der Waals surface area contributed by atoms with E-state index in [0.29, 0.717) is 11.8 Å². The first-order chi connectivity index (χ1) is 13.6. The minimum atomic E-state index is -0.145. The van der Waals surface area contributed by atoms with Crippen LogP contribution in [0.15, 0.2) is 36.7 Å². The zero-order valence-electron chi connectivity index (χ0n) is 17.0. The van der Waals surface area contributed by atoms with Gasteiger partial charge in [-0.2, -0.15) is 0 Å². The van der Waals surface area contributed by atoms with Crippen LogP contribution in [0.1, 0.15) is 51.6 Å². The molecule has 148 valence electrons. The second kappa shape index (κ2) is 6.64. The summed E-state index contributed by atoms with van der Waals surface area (Å²) in [5.74, 6) is 2.30. The number of fused-ring (bicyclic) bond motifs is 4. The first kappa shape index (κ1) is 17.8. The molecule has 0 unspecified atom stereocenters. The third kappa shape index (κ3) is 2.59. The van der Waals surface area contributed by atoms with E-state index in [-0.39, 0.29) is 11.5 Å². The number of anilines is 1. The summed E-state index contributed by atoms with van der Waals surface area (Å²) < 4.78 is 2.25. The zero-order chi connectivity index (χ0) is 19.3. The van der Waals surface area contributed by atoms with Gasteiger partial charge in [0.05, 0.1) is 11.4 Å². The second-order valence-corrected chi connectivity index (χ2v) is 9.11. The zero-order valence-corrected chi connectivity index (χ0v) is 17.0. The molecule has 1 saturated heterocycles. The van der Waals surface area contributed by atoms with Gasteiger partial charge in [0.1, 0.15) is 5.54 Å². The average molecular weight is 379 g/mol. The van der Waals surface area contributed by atoms with Crippen LogP contribution < -0.4 is 4.90 Å². The van der Waals surface area contributed by atoms with Crippen molar-refractivity contribution < 1.29 is 4.79 Å². The normalized spacial score (nSPS) is 23.8. The molecule has 5 heteroatoms. The lowest BCUT2D eigenvalue weighted by Gasteiger charge is -2.47. The molecule has 2 aromatic rings. The van der Waals surface area contributed by atoms with Crippen molar-refractivity contribution in [2.45, 2.75) is 51.5 Å². The highest BCUT2D eigenvalue weighted by atomic mass is 16.2. The second-order valence-electron chi connectivity index (χ2n) is 9.11. The quantitative estimate of drug-likeness (QED) is 0.808. The number of carbonyl (C=O) groups excluding carboxylic acids is 1. The number of likely N-dealkylation sites (tertiary alicyclic amines) is 1. The van der Waals surface area contributed by atoms with Crippen molar-refractivity contribution >= 4 is 11.6 Å². The largest absolute Gasteiger partial charge is 0.355 e. The van der Waals surface area contributed by atoms with E-state index >= 15 is 0 Å². The van der Waals surface area contributed by atoms with Crippen LogP contribution >= 0.6 is 0 Å². The number of carbonyl (C=O) groups is 1. The summed E-state index contributed by atoms with van der Waals surface area (Å²) in [6.07, 6.45) is 9.47.